The number of hydrogen-bond donors (Lipinski definition) is 5. The van der Waals surface area contributed by atoms with Crippen molar-refractivity contribution in [3.63, 3.8) is 0 Å². The van der Waals surface area contributed by atoms with Crippen LogP contribution in [0.25, 0.3) is 0 Å². The second kappa shape index (κ2) is 11.0. The second-order valence-electron chi connectivity index (χ2n) is 5.29. The molecular formula is C16H23N5O5S. The SMILES string of the molecule is CC#CCOc1ccc(S(=O)(=O)N[C@H](CCCN=C(N)N)C(=O)NO)cc1. The maximum atomic E-state index is 12.5. The third kappa shape index (κ3) is 7.95. The van der Waals surface area contributed by atoms with E-state index in [0.29, 0.717) is 12.2 Å². The van der Waals surface area contributed by atoms with Gasteiger partial charge in [0.1, 0.15) is 18.4 Å². The van der Waals surface area contributed by atoms with Crippen molar-refractivity contribution in [3.8, 4) is 17.6 Å². The molecule has 1 amide bonds. The van der Waals surface area contributed by atoms with Crippen LogP contribution in [-0.2, 0) is 14.8 Å². The lowest BCUT2D eigenvalue weighted by molar-refractivity contribution is -0.131. The van der Waals surface area contributed by atoms with Gasteiger partial charge in [-0.05, 0) is 44.0 Å². The molecule has 7 N–H and O–H groups in total. The summed E-state index contributed by atoms with van der Waals surface area (Å²) in [4.78, 5) is 15.4. The van der Waals surface area contributed by atoms with Gasteiger partial charge in [0, 0.05) is 6.54 Å². The predicted molar refractivity (Wildman–Crippen MR) is 99.3 cm³/mol. The van der Waals surface area contributed by atoms with E-state index < -0.39 is 22.0 Å². The molecule has 0 fully saturated rings. The van der Waals surface area contributed by atoms with Crippen LogP contribution < -0.4 is 26.4 Å². The molecule has 0 spiro atoms. The molecule has 0 saturated heterocycles. The summed E-state index contributed by atoms with van der Waals surface area (Å²) in [5.74, 6) is 4.86. The van der Waals surface area contributed by atoms with Crippen LogP contribution in [0.1, 0.15) is 19.8 Å². The highest BCUT2D eigenvalue weighted by atomic mass is 32.2. The lowest BCUT2D eigenvalue weighted by Crippen LogP contribution is -2.45. The molecule has 11 heteroatoms. The summed E-state index contributed by atoms with van der Waals surface area (Å²) in [5, 5.41) is 8.83. The fourth-order valence-corrected chi connectivity index (χ4v) is 3.22. The van der Waals surface area contributed by atoms with Crippen molar-refractivity contribution in [2.45, 2.75) is 30.7 Å². The molecule has 0 aromatic heterocycles. The van der Waals surface area contributed by atoms with Crippen molar-refractivity contribution >= 4 is 21.9 Å². The fraction of sp³-hybridized carbons (Fsp3) is 0.375. The van der Waals surface area contributed by atoms with E-state index >= 15 is 0 Å². The Morgan fingerprint density at radius 2 is 2.00 bits per heavy atom. The van der Waals surface area contributed by atoms with E-state index in [-0.39, 0.29) is 30.4 Å². The van der Waals surface area contributed by atoms with E-state index in [0.717, 1.165) is 0 Å². The Morgan fingerprint density at radius 1 is 1.33 bits per heavy atom. The molecule has 0 heterocycles. The van der Waals surface area contributed by atoms with Gasteiger partial charge in [0.25, 0.3) is 5.91 Å². The van der Waals surface area contributed by atoms with Crippen LogP contribution >= 0.6 is 0 Å². The summed E-state index contributed by atoms with van der Waals surface area (Å²) >= 11 is 0. The number of amides is 1. The molecule has 1 rings (SSSR count). The average Bonchev–Trinajstić information content (AvgIpc) is 2.64. The van der Waals surface area contributed by atoms with Crippen LogP contribution in [0, 0.1) is 11.8 Å². The molecule has 1 aromatic rings. The fourth-order valence-electron chi connectivity index (χ4n) is 1.99. The van der Waals surface area contributed by atoms with Crippen molar-refractivity contribution in [2.75, 3.05) is 13.2 Å². The van der Waals surface area contributed by atoms with E-state index in [4.69, 9.17) is 21.4 Å². The third-order valence-corrected chi connectivity index (χ3v) is 4.78. The molecule has 1 atom stereocenters. The number of sulfonamides is 1. The van der Waals surface area contributed by atoms with Crippen LogP contribution in [-0.4, -0.2) is 44.7 Å². The molecule has 1 aromatic carbocycles. The Kier molecular flexibility index (Phi) is 9.07. The number of benzene rings is 1. The van der Waals surface area contributed by atoms with Crippen LogP contribution in [0.3, 0.4) is 0 Å². The minimum absolute atomic E-state index is 0.0589. The highest BCUT2D eigenvalue weighted by Gasteiger charge is 2.25. The smallest absolute Gasteiger partial charge is 0.261 e. The number of nitrogens with one attached hydrogen (secondary N) is 2. The zero-order chi connectivity index (χ0) is 20.3. The Morgan fingerprint density at radius 3 is 2.56 bits per heavy atom. The zero-order valence-corrected chi connectivity index (χ0v) is 15.6. The highest BCUT2D eigenvalue weighted by molar-refractivity contribution is 7.89. The standard InChI is InChI=1S/C16H23N5O5S/c1-2-3-11-26-12-6-8-13(9-7-12)27(24,25)21-14(15(22)20-23)5-4-10-19-16(17)18/h6-9,14,21,23H,4-5,10-11H2,1H3,(H,20,22)(H4,17,18,19)/t14-/m1/s1. The normalized spacial score (nSPS) is 11.6. The van der Waals surface area contributed by atoms with Gasteiger partial charge in [-0.2, -0.15) is 4.72 Å². The second-order valence-corrected chi connectivity index (χ2v) is 7.00. The van der Waals surface area contributed by atoms with Crippen LogP contribution in [0.15, 0.2) is 34.2 Å². The average molecular weight is 397 g/mol. The van der Waals surface area contributed by atoms with E-state index in [1.54, 1.807) is 6.92 Å². The number of guanidine groups is 1. The molecule has 0 bridgehead atoms. The molecular weight excluding hydrogens is 374 g/mol. The minimum atomic E-state index is -4.00. The van der Waals surface area contributed by atoms with E-state index in [2.05, 4.69) is 21.6 Å². The Hall–Kier alpha value is -2.81. The van der Waals surface area contributed by atoms with Crippen molar-refractivity contribution in [2.24, 2.45) is 16.5 Å². The number of ether oxygens (including phenoxy) is 1. The first-order valence-corrected chi connectivity index (χ1v) is 9.42. The Bertz CT molecular complexity index is 808. The molecule has 0 aliphatic rings. The Labute approximate surface area is 158 Å². The molecule has 27 heavy (non-hydrogen) atoms. The first-order chi connectivity index (χ1) is 12.8. The maximum absolute atomic E-state index is 12.5. The van der Waals surface area contributed by atoms with Gasteiger partial charge in [0.05, 0.1) is 4.90 Å². The van der Waals surface area contributed by atoms with Crippen LogP contribution in [0.4, 0.5) is 0 Å². The molecule has 0 aliphatic carbocycles. The predicted octanol–water partition coefficient (Wildman–Crippen LogP) is -0.705. The van der Waals surface area contributed by atoms with Crippen molar-refractivity contribution < 1.29 is 23.2 Å². The van der Waals surface area contributed by atoms with Gasteiger partial charge in [0.2, 0.25) is 10.0 Å². The van der Waals surface area contributed by atoms with E-state index in [1.807, 2.05) is 0 Å². The first-order valence-electron chi connectivity index (χ1n) is 7.94. The molecule has 10 nitrogen and oxygen atoms in total. The number of nitrogens with zero attached hydrogens (tertiary/aromatic N) is 1. The van der Waals surface area contributed by atoms with Crippen LogP contribution in [0.5, 0.6) is 5.75 Å². The topological polar surface area (TPSA) is 169 Å². The minimum Gasteiger partial charge on any atom is -0.481 e. The van der Waals surface area contributed by atoms with Gasteiger partial charge in [-0.15, -0.1) is 5.92 Å². The lowest BCUT2D eigenvalue weighted by Gasteiger charge is -2.16. The number of carbonyl (C=O) groups excluding carboxylic acids is 1. The zero-order valence-electron chi connectivity index (χ0n) is 14.8. The number of hydrogen-bond acceptors (Lipinski definition) is 6. The van der Waals surface area contributed by atoms with Crippen molar-refractivity contribution in [1.29, 1.82) is 0 Å². The summed E-state index contributed by atoms with van der Waals surface area (Å²) in [7, 11) is -4.00. The maximum Gasteiger partial charge on any atom is 0.261 e. The molecule has 148 valence electrons. The summed E-state index contributed by atoms with van der Waals surface area (Å²) in [6.07, 6.45) is 0.406. The number of aliphatic imine (C=N–C) groups is 1. The van der Waals surface area contributed by atoms with E-state index in [9.17, 15) is 13.2 Å². The number of hydroxylamine groups is 1. The van der Waals surface area contributed by atoms with Crippen LogP contribution in [0.2, 0.25) is 0 Å². The number of nitrogens with two attached hydrogens (primary N) is 2. The largest absolute Gasteiger partial charge is 0.481 e. The van der Waals surface area contributed by atoms with Gasteiger partial charge in [-0.25, -0.2) is 13.9 Å². The van der Waals surface area contributed by atoms with Gasteiger partial charge in [-0.1, -0.05) is 5.92 Å². The molecule has 0 aliphatic heterocycles. The molecule has 0 unspecified atom stereocenters. The number of carbonyl (C=O) groups is 1. The van der Waals surface area contributed by atoms with Crippen molar-refractivity contribution in [3.05, 3.63) is 24.3 Å². The number of rotatable bonds is 10. The third-order valence-electron chi connectivity index (χ3n) is 3.29. The molecule has 0 radical (unpaired) electrons. The van der Waals surface area contributed by atoms with Crippen molar-refractivity contribution in [1.82, 2.24) is 10.2 Å². The van der Waals surface area contributed by atoms with Gasteiger partial charge in [0.15, 0.2) is 5.96 Å². The summed E-state index contributed by atoms with van der Waals surface area (Å²) in [6, 6.07) is 4.44. The summed E-state index contributed by atoms with van der Waals surface area (Å²) in [5.41, 5.74) is 11.8. The summed E-state index contributed by atoms with van der Waals surface area (Å²) < 4.78 is 32.5. The van der Waals surface area contributed by atoms with Gasteiger partial charge < -0.3 is 16.2 Å². The van der Waals surface area contributed by atoms with Gasteiger partial charge >= 0.3 is 0 Å². The highest BCUT2D eigenvalue weighted by Crippen LogP contribution is 2.16. The van der Waals surface area contributed by atoms with Gasteiger partial charge in [-0.3, -0.25) is 15.0 Å². The summed E-state index contributed by atoms with van der Waals surface area (Å²) in [6.45, 7) is 2.09. The Balaban J connectivity index is 2.81. The van der Waals surface area contributed by atoms with E-state index in [1.165, 1.54) is 29.7 Å². The lowest BCUT2D eigenvalue weighted by atomic mass is 10.1. The molecule has 0 saturated carbocycles. The monoisotopic (exact) mass is 397 g/mol. The first kappa shape index (κ1) is 22.2. The quantitative estimate of drug-likeness (QED) is 0.0867.